The molecule has 0 atom stereocenters. The zero-order valence-corrected chi connectivity index (χ0v) is 11.9. The molecule has 2 heterocycles. The van der Waals surface area contributed by atoms with E-state index in [0.29, 0.717) is 17.4 Å². The summed E-state index contributed by atoms with van der Waals surface area (Å²) in [6.45, 7) is 3.89. The summed E-state index contributed by atoms with van der Waals surface area (Å²) in [5, 5.41) is 12.2. The molecule has 0 aliphatic carbocycles. The van der Waals surface area contributed by atoms with Crippen molar-refractivity contribution in [3.05, 3.63) is 41.7 Å². The molecular weight excluding hydrogens is 266 g/mol. The molecule has 2 aromatic heterocycles. The molecule has 1 aromatic carbocycles. The maximum atomic E-state index is 5.77. The number of aromatic nitrogens is 4. The lowest BCUT2D eigenvalue weighted by Crippen LogP contribution is -1.97. The van der Waals surface area contributed by atoms with Gasteiger partial charge in [-0.25, -0.2) is 0 Å². The molecule has 0 amide bonds. The lowest BCUT2D eigenvalue weighted by molar-refractivity contribution is 0.431. The Hall–Kier alpha value is -2.76. The molecule has 0 bridgehead atoms. The molecule has 21 heavy (non-hydrogen) atoms. The van der Waals surface area contributed by atoms with Crippen LogP contribution in [0.1, 0.15) is 18.3 Å². The Kier molecular flexibility index (Phi) is 3.35. The fraction of sp³-hybridized carbons (Fsp3) is 0.200. The fourth-order valence-corrected chi connectivity index (χ4v) is 2.09. The quantitative estimate of drug-likeness (QED) is 0.742. The number of anilines is 1. The Bertz CT molecular complexity index is 781. The highest BCUT2D eigenvalue weighted by Gasteiger charge is 2.15. The Labute approximate surface area is 122 Å². The van der Waals surface area contributed by atoms with Gasteiger partial charge >= 0.3 is 0 Å². The van der Waals surface area contributed by atoms with Crippen molar-refractivity contribution in [2.24, 2.45) is 0 Å². The van der Waals surface area contributed by atoms with Crippen LogP contribution in [0.25, 0.3) is 22.8 Å². The van der Waals surface area contributed by atoms with E-state index < -0.39 is 0 Å². The number of nitrogen functional groups attached to an aromatic ring is 1. The van der Waals surface area contributed by atoms with Crippen LogP contribution in [0, 0.1) is 6.92 Å². The predicted octanol–water partition coefficient (Wildman–Crippen LogP) is 2.65. The van der Waals surface area contributed by atoms with Crippen molar-refractivity contribution in [1.82, 2.24) is 20.3 Å². The van der Waals surface area contributed by atoms with E-state index in [-0.39, 0.29) is 0 Å². The number of aryl methyl sites for hydroxylation is 2. The molecule has 0 aliphatic heterocycles. The lowest BCUT2D eigenvalue weighted by atomic mass is 10.1. The van der Waals surface area contributed by atoms with Crippen LogP contribution >= 0.6 is 0 Å². The van der Waals surface area contributed by atoms with Gasteiger partial charge in [-0.1, -0.05) is 24.2 Å². The summed E-state index contributed by atoms with van der Waals surface area (Å²) in [4.78, 5) is 4.44. The highest BCUT2D eigenvalue weighted by molar-refractivity contribution is 5.64. The average Bonchev–Trinajstić information content (AvgIpc) is 2.97. The molecule has 0 radical (unpaired) electrons. The van der Waals surface area contributed by atoms with E-state index in [1.807, 2.05) is 44.2 Å². The minimum atomic E-state index is 0.447. The number of nitrogens with two attached hydrogens (primary N) is 1. The Morgan fingerprint density at radius 3 is 2.81 bits per heavy atom. The summed E-state index contributed by atoms with van der Waals surface area (Å²) >= 11 is 0. The number of nitrogens with zero attached hydrogens (tertiary/aromatic N) is 4. The summed E-state index contributed by atoms with van der Waals surface area (Å²) in [6, 6.07) is 9.28. The monoisotopic (exact) mass is 281 g/mol. The number of rotatable bonds is 3. The van der Waals surface area contributed by atoms with E-state index in [0.717, 1.165) is 28.9 Å². The van der Waals surface area contributed by atoms with Gasteiger partial charge in [0.25, 0.3) is 5.89 Å². The van der Waals surface area contributed by atoms with Crippen LogP contribution in [0.2, 0.25) is 0 Å². The summed E-state index contributed by atoms with van der Waals surface area (Å²) in [5.41, 5.74) is 9.73. The minimum absolute atomic E-state index is 0.447. The maximum absolute atomic E-state index is 5.77. The van der Waals surface area contributed by atoms with E-state index in [1.165, 1.54) is 0 Å². The topological polar surface area (TPSA) is 90.7 Å². The van der Waals surface area contributed by atoms with Gasteiger partial charge in [0.1, 0.15) is 0 Å². The molecule has 0 fully saturated rings. The largest absolute Gasteiger partial charge is 0.399 e. The highest BCUT2D eigenvalue weighted by atomic mass is 16.5. The van der Waals surface area contributed by atoms with E-state index in [9.17, 15) is 0 Å². The smallest absolute Gasteiger partial charge is 0.260 e. The number of benzene rings is 1. The summed E-state index contributed by atoms with van der Waals surface area (Å²) in [6.07, 6.45) is 0.749. The molecule has 6 nitrogen and oxygen atoms in total. The van der Waals surface area contributed by atoms with Crippen LogP contribution in [0.3, 0.4) is 0 Å². The predicted molar refractivity (Wildman–Crippen MR) is 79.3 cm³/mol. The van der Waals surface area contributed by atoms with Crippen LogP contribution in [0.4, 0.5) is 5.69 Å². The first-order chi connectivity index (χ1) is 10.2. The third kappa shape index (κ3) is 2.60. The molecule has 106 valence electrons. The average molecular weight is 281 g/mol. The molecule has 3 aromatic rings. The summed E-state index contributed by atoms with van der Waals surface area (Å²) in [7, 11) is 0. The molecule has 0 unspecified atom stereocenters. The van der Waals surface area contributed by atoms with Gasteiger partial charge in [-0.05, 0) is 31.5 Å². The molecule has 0 aliphatic rings. The molecule has 6 heteroatoms. The van der Waals surface area contributed by atoms with Gasteiger partial charge < -0.3 is 10.3 Å². The van der Waals surface area contributed by atoms with Crippen molar-refractivity contribution in [3.63, 3.8) is 0 Å². The highest BCUT2D eigenvalue weighted by Crippen LogP contribution is 2.25. The van der Waals surface area contributed by atoms with E-state index >= 15 is 0 Å². The van der Waals surface area contributed by atoms with Gasteiger partial charge in [0.15, 0.2) is 0 Å². The van der Waals surface area contributed by atoms with Crippen LogP contribution in [-0.2, 0) is 6.42 Å². The Morgan fingerprint density at radius 2 is 2.05 bits per heavy atom. The van der Waals surface area contributed by atoms with Gasteiger partial charge in [-0.3, -0.25) is 0 Å². The van der Waals surface area contributed by atoms with E-state index in [4.69, 9.17) is 10.3 Å². The van der Waals surface area contributed by atoms with Crippen molar-refractivity contribution in [3.8, 4) is 22.8 Å². The SMILES string of the molecule is CCc1nnc(C)cc1-c1nc(-c2cccc(N)c2)no1. The van der Waals surface area contributed by atoms with Crippen molar-refractivity contribution in [2.75, 3.05) is 5.73 Å². The first-order valence-corrected chi connectivity index (χ1v) is 6.70. The third-order valence-corrected chi connectivity index (χ3v) is 3.13. The van der Waals surface area contributed by atoms with Crippen LogP contribution < -0.4 is 5.73 Å². The van der Waals surface area contributed by atoms with Gasteiger partial charge in [-0.2, -0.15) is 15.2 Å². The van der Waals surface area contributed by atoms with Gasteiger partial charge in [0.05, 0.1) is 17.0 Å². The zero-order valence-electron chi connectivity index (χ0n) is 11.9. The zero-order chi connectivity index (χ0) is 14.8. The molecule has 0 saturated heterocycles. The molecule has 3 rings (SSSR count). The molecule has 0 saturated carbocycles. The summed E-state index contributed by atoms with van der Waals surface area (Å²) < 4.78 is 5.37. The standard InChI is InChI=1S/C15H15N5O/c1-3-13-12(7-9(2)18-19-13)15-17-14(20-21-15)10-5-4-6-11(16)8-10/h4-8H,3,16H2,1-2H3. The fourth-order valence-electron chi connectivity index (χ4n) is 2.09. The second-order valence-electron chi connectivity index (χ2n) is 4.75. The maximum Gasteiger partial charge on any atom is 0.260 e. The van der Waals surface area contributed by atoms with Crippen LogP contribution in [-0.4, -0.2) is 20.3 Å². The van der Waals surface area contributed by atoms with E-state index in [1.54, 1.807) is 0 Å². The Balaban J connectivity index is 2.04. The van der Waals surface area contributed by atoms with Gasteiger partial charge in [-0.15, -0.1) is 0 Å². The van der Waals surface area contributed by atoms with Crippen molar-refractivity contribution >= 4 is 5.69 Å². The van der Waals surface area contributed by atoms with Gasteiger partial charge in [0.2, 0.25) is 5.82 Å². The minimum Gasteiger partial charge on any atom is -0.399 e. The number of hydrogen-bond acceptors (Lipinski definition) is 6. The Morgan fingerprint density at radius 1 is 1.19 bits per heavy atom. The first kappa shape index (κ1) is 13.2. The van der Waals surface area contributed by atoms with Gasteiger partial charge in [0, 0.05) is 11.3 Å². The second kappa shape index (κ2) is 5.32. The van der Waals surface area contributed by atoms with Crippen molar-refractivity contribution in [1.29, 1.82) is 0 Å². The van der Waals surface area contributed by atoms with E-state index in [2.05, 4.69) is 20.3 Å². The first-order valence-electron chi connectivity index (χ1n) is 6.70. The van der Waals surface area contributed by atoms with Crippen molar-refractivity contribution in [2.45, 2.75) is 20.3 Å². The lowest BCUT2D eigenvalue weighted by Gasteiger charge is -2.01. The molecule has 0 spiro atoms. The van der Waals surface area contributed by atoms with Crippen LogP contribution in [0.15, 0.2) is 34.9 Å². The number of hydrogen-bond donors (Lipinski definition) is 1. The van der Waals surface area contributed by atoms with Crippen molar-refractivity contribution < 1.29 is 4.52 Å². The van der Waals surface area contributed by atoms with Crippen LogP contribution in [0.5, 0.6) is 0 Å². The summed E-state index contributed by atoms with van der Waals surface area (Å²) in [5.74, 6) is 0.955. The molecular formula is C15H15N5O. The second-order valence-corrected chi connectivity index (χ2v) is 4.75. The molecule has 2 N–H and O–H groups in total. The third-order valence-electron chi connectivity index (χ3n) is 3.13. The normalized spacial score (nSPS) is 10.8.